The molecule has 1 aliphatic heterocycles. The minimum Gasteiger partial charge on any atom is -0.382 e. The summed E-state index contributed by atoms with van der Waals surface area (Å²) in [4.78, 5) is 26.5. The van der Waals surface area contributed by atoms with Gasteiger partial charge in [-0.25, -0.2) is 0 Å². The van der Waals surface area contributed by atoms with Crippen LogP contribution in [0.3, 0.4) is 0 Å². The van der Waals surface area contributed by atoms with E-state index in [1.54, 1.807) is 4.90 Å². The van der Waals surface area contributed by atoms with Crippen LogP contribution in [0.1, 0.15) is 48.0 Å². The summed E-state index contributed by atoms with van der Waals surface area (Å²) in [5.74, 6) is -0.654. The Morgan fingerprint density at radius 2 is 2.00 bits per heavy atom. The van der Waals surface area contributed by atoms with Crippen molar-refractivity contribution >= 4 is 17.4 Å². The molecule has 2 amide bonds. The van der Waals surface area contributed by atoms with Crippen LogP contribution in [-0.2, 0) is 9.53 Å². The third-order valence-electron chi connectivity index (χ3n) is 5.12. The lowest BCUT2D eigenvalue weighted by atomic mass is 9.95. The summed E-state index contributed by atoms with van der Waals surface area (Å²) in [6.45, 7) is 0.664. The summed E-state index contributed by atoms with van der Waals surface area (Å²) >= 11 is 0. The van der Waals surface area contributed by atoms with Crippen molar-refractivity contribution in [2.24, 2.45) is 5.73 Å². The zero-order chi connectivity index (χ0) is 17.2. The van der Waals surface area contributed by atoms with Gasteiger partial charge in [-0.1, -0.05) is 18.2 Å². The molecule has 5 nitrogen and oxygen atoms in total. The number of hydrogen-bond acceptors (Lipinski definition) is 3. The van der Waals surface area contributed by atoms with Gasteiger partial charge in [-0.3, -0.25) is 9.59 Å². The van der Waals surface area contributed by atoms with Gasteiger partial charge in [0.25, 0.3) is 5.91 Å². The molecule has 3 rings (SSSR count). The second-order valence-corrected chi connectivity index (χ2v) is 6.59. The van der Waals surface area contributed by atoms with Gasteiger partial charge in [0.1, 0.15) is 5.54 Å². The summed E-state index contributed by atoms with van der Waals surface area (Å²) in [6, 6.07) is 7.66. The highest BCUT2D eigenvalue weighted by atomic mass is 16.5. The Morgan fingerprint density at radius 1 is 1.25 bits per heavy atom. The second kappa shape index (κ2) is 6.77. The van der Waals surface area contributed by atoms with Crippen LogP contribution in [0.4, 0.5) is 0 Å². The van der Waals surface area contributed by atoms with E-state index in [1.807, 2.05) is 24.3 Å². The lowest BCUT2D eigenvalue weighted by Gasteiger charge is -2.35. The van der Waals surface area contributed by atoms with Gasteiger partial charge in [0.15, 0.2) is 0 Å². The zero-order valence-electron chi connectivity index (χ0n) is 14.1. The Morgan fingerprint density at radius 3 is 2.58 bits per heavy atom. The minimum atomic E-state index is -1.03. The highest BCUT2D eigenvalue weighted by Crippen LogP contribution is 2.32. The number of carbonyl (C=O) groups excluding carboxylic acids is 2. The first kappa shape index (κ1) is 16.7. The SMILES string of the molecule is COCC1(C(N)=O)CCCN1C(=O)c1ccc(C2=CCCC2)cc1. The Hall–Kier alpha value is -2.14. The Labute approximate surface area is 142 Å². The number of allylic oxidation sites excluding steroid dienone is 2. The first-order chi connectivity index (χ1) is 11.6. The molecule has 0 spiro atoms. The number of nitrogens with zero attached hydrogens (tertiary/aromatic N) is 1. The van der Waals surface area contributed by atoms with Gasteiger partial charge < -0.3 is 15.4 Å². The fraction of sp³-hybridized carbons (Fsp3) is 0.474. The number of benzene rings is 1. The fourth-order valence-electron chi connectivity index (χ4n) is 3.81. The van der Waals surface area contributed by atoms with Crippen LogP contribution >= 0.6 is 0 Å². The van der Waals surface area contributed by atoms with E-state index in [4.69, 9.17) is 10.5 Å². The van der Waals surface area contributed by atoms with E-state index in [0.717, 1.165) is 19.3 Å². The van der Waals surface area contributed by atoms with Crippen molar-refractivity contribution in [3.63, 3.8) is 0 Å². The molecule has 2 aliphatic rings. The number of ether oxygens (including phenoxy) is 1. The van der Waals surface area contributed by atoms with Crippen LogP contribution < -0.4 is 5.73 Å². The normalized spacial score (nSPS) is 23.4. The molecule has 1 saturated heterocycles. The summed E-state index contributed by atoms with van der Waals surface area (Å²) < 4.78 is 5.19. The van der Waals surface area contributed by atoms with Crippen molar-refractivity contribution < 1.29 is 14.3 Å². The molecule has 24 heavy (non-hydrogen) atoms. The summed E-state index contributed by atoms with van der Waals surface area (Å²) in [6.07, 6.45) is 6.98. The van der Waals surface area contributed by atoms with E-state index in [0.29, 0.717) is 18.5 Å². The van der Waals surface area contributed by atoms with E-state index in [1.165, 1.54) is 24.7 Å². The van der Waals surface area contributed by atoms with Gasteiger partial charge in [0, 0.05) is 19.2 Å². The van der Waals surface area contributed by atoms with Crippen LogP contribution in [0, 0.1) is 0 Å². The summed E-state index contributed by atoms with van der Waals surface area (Å²) in [7, 11) is 1.52. The Kier molecular flexibility index (Phi) is 4.71. The van der Waals surface area contributed by atoms with Crippen molar-refractivity contribution in [2.45, 2.75) is 37.6 Å². The number of primary amides is 1. The average Bonchev–Trinajstić information content (AvgIpc) is 3.25. The third-order valence-corrected chi connectivity index (χ3v) is 5.12. The molecule has 0 radical (unpaired) electrons. The molecule has 1 atom stereocenters. The van der Waals surface area contributed by atoms with Crippen LogP contribution in [0.15, 0.2) is 30.3 Å². The van der Waals surface area contributed by atoms with Crippen LogP contribution in [0.2, 0.25) is 0 Å². The maximum absolute atomic E-state index is 12.9. The van der Waals surface area contributed by atoms with Gasteiger partial charge in [0.05, 0.1) is 6.61 Å². The predicted molar refractivity (Wildman–Crippen MR) is 92.3 cm³/mol. The number of amides is 2. The lowest BCUT2D eigenvalue weighted by Crippen LogP contribution is -2.58. The van der Waals surface area contributed by atoms with Crippen LogP contribution in [-0.4, -0.2) is 42.5 Å². The minimum absolute atomic E-state index is 0.138. The molecule has 5 heteroatoms. The molecule has 1 aliphatic carbocycles. The molecular formula is C19H24N2O3. The summed E-state index contributed by atoms with van der Waals surface area (Å²) in [5, 5.41) is 0. The van der Waals surface area contributed by atoms with Crippen molar-refractivity contribution in [3.8, 4) is 0 Å². The highest BCUT2D eigenvalue weighted by molar-refractivity contribution is 5.99. The molecule has 128 valence electrons. The van der Waals surface area contributed by atoms with E-state index >= 15 is 0 Å². The van der Waals surface area contributed by atoms with Gasteiger partial charge in [-0.2, -0.15) is 0 Å². The van der Waals surface area contributed by atoms with E-state index < -0.39 is 11.4 Å². The van der Waals surface area contributed by atoms with Gasteiger partial charge in [-0.05, 0) is 55.4 Å². The van der Waals surface area contributed by atoms with E-state index in [2.05, 4.69) is 6.08 Å². The molecule has 1 aromatic rings. The third kappa shape index (κ3) is 2.84. The topological polar surface area (TPSA) is 72.6 Å². The van der Waals surface area contributed by atoms with E-state index in [9.17, 15) is 9.59 Å². The Bertz CT molecular complexity index is 666. The monoisotopic (exact) mass is 328 g/mol. The first-order valence-corrected chi connectivity index (χ1v) is 8.49. The molecule has 1 aromatic carbocycles. The molecular weight excluding hydrogens is 304 g/mol. The standard InChI is InChI=1S/C19H24N2O3/c1-24-13-19(18(20)23)11-4-12-21(19)17(22)16-9-7-15(8-10-16)14-5-2-3-6-14/h5,7-10H,2-4,6,11-13H2,1H3,(H2,20,23). The smallest absolute Gasteiger partial charge is 0.254 e. The molecule has 0 bridgehead atoms. The largest absolute Gasteiger partial charge is 0.382 e. The van der Waals surface area contributed by atoms with Gasteiger partial charge in [0.2, 0.25) is 5.91 Å². The number of likely N-dealkylation sites (tertiary alicyclic amines) is 1. The highest BCUT2D eigenvalue weighted by Gasteiger charge is 2.48. The van der Waals surface area contributed by atoms with Crippen molar-refractivity contribution in [2.75, 3.05) is 20.3 Å². The quantitative estimate of drug-likeness (QED) is 0.902. The van der Waals surface area contributed by atoms with E-state index in [-0.39, 0.29) is 12.5 Å². The molecule has 1 fully saturated rings. The van der Waals surface area contributed by atoms with Crippen LogP contribution in [0.5, 0.6) is 0 Å². The second-order valence-electron chi connectivity index (χ2n) is 6.59. The predicted octanol–water partition coefficient (Wildman–Crippen LogP) is 2.36. The van der Waals surface area contributed by atoms with Crippen molar-refractivity contribution in [1.29, 1.82) is 0 Å². The summed E-state index contributed by atoms with van der Waals surface area (Å²) in [5.41, 5.74) is 7.68. The Balaban J connectivity index is 1.83. The fourth-order valence-corrected chi connectivity index (χ4v) is 3.81. The number of hydrogen-bond donors (Lipinski definition) is 1. The maximum atomic E-state index is 12.9. The number of nitrogens with two attached hydrogens (primary N) is 1. The molecule has 2 N–H and O–H groups in total. The lowest BCUT2D eigenvalue weighted by molar-refractivity contribution is -0.130. The first-order valence-electron chi connectivity index (χ1n) is 8.49. The van der Waals surface area contributed by atoms with Crippen molar-refractivity contribution in [1.82, 2.24) is 4.90 Å². The average molecular weight is 328 g/mol. The van der Waals surface area contributed by atoms with Gasteiger partial charge in [-0.15, -0.1) is 0 Å². The molecule has 0 aromatic heterocycles. The number of methoxy groups -OCH3 is 1. The number of carbonyl (C=O) groups is 2. The molecule has 0 saturated carbocycles. The molecule has 1 unspecified atom stereocenters. The van der Waals surface area contributed by atoms with Crippen LogP contribution in [0.25, 0.3) is 5.57 Å². The molecule has 1 heterocycles. The van der Waals surface area contributed by atoms with Crippen molar-refractivity contribution in [3.05, 3.63) is 41.5 Å². The van der Waals surface area contributed by atoms with Gasteiger partial charge >= 0.3 is 0 Å². The number of rotatable bonds is 5. The maximum Gasteiger partial charge on any atom is 0.254 e. The zero-order valence-corrected chi connectivity index (χ0v) is 14.1.